The molecule has 138 valence electrons. The molecule has 8 nitrogen and oxygen atoms in total. The molecule has 0 aliphatic carbocycles. The average molecular weight is 364 g/mol. The van der Waals surface area contributed by atoms with Crippen molar-refractivity contribution in [3.63, 3.8) is 0 Å². The Morgan fingerprint density at radius 2 is 2.04 bits per heavy atom. The van der Waals surface area contributed by atoms with E-state index in [-0.39, 0.29) is 17.7 Å². The van der Waals surface area contributed by atoms with Gasteiger partial charge in [0, 0.05) is 38.0 Å². The highest BCUT2D eigenvalue weighted by molar-refractivity contribution is 5.98. The largest absolute Gasteiger partial charge is 0.337 e. The van der Waals surface area contributed by atoms with Crippen LogP contribution in [-0.4, -0.2) is 49.8 Å². The first-order valence-electron chi connectivity index (χ1n) is 8.71. The highest BCUT2D eigenvalue weighted by Crippen LogP contribution is 2.24. The van der Waals surface area contributed by atoms with E-state index in [2.05, 4.69) is 20.6 Å². The second kappa shape index (κ2) is 6.71. The summed E-state index contributed by atoms with van der Waals surface area (Å²) in [6.45, 7) is 2.82. The lowest BCUT2D eigenvalue weighted by molar-refractivity contribution is -0.123. The molecule has 1 aliphatic heterocycles. The molecule has 2 amide bonds. The number of anilines is 1. The van der Waals surface area contributed by atoms with Crippen molar-refractivity contribution in [3.05, 3.63) is 53.9 Å². The highest BCUT2D eigenvalue weighted by atomic mass is 16.2. The molecule has 0 radical (unpaired) electrons. The fraction of sp³-hybridized carbons (Fsp3) is 0.263. The lowest BCUT2D eigenvalue weighted by atomic mass is 9.98. The molecule has 4 rings (SSSR count). The number of H-pyrrole nitrogens is 1. The minimum absolute atomic E-state index is 0.103. The van der Waals surface area contributed by atoms with Crippen LogP contribution in [0.3, 0.4) is 0 Å². The Bertz CT molecular complexity index is 999. The van der Waals surface area contributed by atoms with Gasteiger partial charge in [0.05, 0.1) is 23.4 Å². The molecule has 0 unspecified atom stereocenters. The molecule has 1 aliphatic rings. The molecule has 1 saturated heterocycles. The highest BCUT2D eigenvalue weighted by Gasteiger charge is 2.36. The normalized spacial score (nSPS) is 14.1. The van der Waals surface area contributed by atoms with Crippen molar-refractivity contribution in [2.24, 2.45) is 13.0 Å². The number of hydrogen-bond acceptors (Lipinski definition) is 4. The van der Waals surface area contributed by atoms with Gasteiger partial charge in [-0.2, -0.15) is 10.2 Å². The van der Waals surface area contributed by atoms with Crippen LogP contribution in [0.5, 0.6) is 0 Å². The van der Waals surface area contributed by atoms with Gasteiger partial charge in [-0.1, -0.05) is 24.3 Å². The predicted molar refractivity (Wildman–Crippen MR) is 100.0 cm³/mol. The van der Waals surface area contributed by atoms with Crippen LogP contribution in [0.15, 0.2) is 42.7 Å². The number of benzene rings is 1. The zero-order chi connectivity index (χ0) is 19.0. The molecule has 0 atom stereocenters. The minimum Gasteiger partial charge on any atom is -0.337 e. The summed E-state index contributed by atoms with van der Waals surface area (Å²) < 4.78 is 1.58. The van der Waals surface area contributed by atoms with Crippen molar-refractivity contribution in [1.82, 2.24) is 24.9 Å². The summed E-state index contributed by atoms with van der Waals surface area (Å²) in [5.74, 6) is 0.0151. The van der Waals surface area contributed by atoms with Crippen molar-refractivity contribution in [3.8, 4) is 11.3 Å². The number of aromatic amines is 1. The maximum Gasteiger partial charge on any atom is 0.257 e. The van der Waals surface area contributed by atoms with Crippen molar-refractivity contribution in [2.75, 3.05) is 18.4 Å². The molecule has 1 aromatic carbocycles. The fourth-order valence-corrected chi connectivity index (χ4v) is 3.15. The zero-order valence-corrected chi connectivity index (χ0v) is 15.1. The molecular formula is C19H20N6O2. The molecular weight excluding hydrogens is 344 g/mol. The van der Waals surface area contributed by atoms with Crippen LogP contribution >= 0.6 is 0 Å². The van der Waals surface area contributed by atoms with E-state index < -0.39 is 0 Å². The zero-order valence-electron chi connectivity index (χ0n) is 15.1. The first kappa shape index (κ1) is 17.0. The van der Waals surface area contributed by atoms with Crippen LogP contribution in [-0.2, 0) is 11.8 Å². The van der Waals surface area contributed by atoms with Gasteiger partial charge in [0.1, 0.15) is 0 Å². The Morgan fingerprint density at radius 3 is 2.74 bits per heavy atom. The van der Waals surface area contributed by atoms with E-state index in [4.69, 9.17) is 0 Å². The Labute approximate surface area is 156 Å². The van der Waals surface area contributed by atoms with Gasteiger partial charge in [-0.15, -0.1) is 0 Å². The third-order valence-corrected chi connectivity index (χ3v) is 4.76. The standard InChI is InChI=1S/C19H20N6O2/c1-12-5-3-4-6-15(12)16-7-17(23-22-16)21-18(26)14-10-25(11-14)19(27)13-8-20-24(2)9-13/h3-9,14H,10-11H2,1-2H3,(H2,21,22,23,26). The molecule has 0 saturated carbocycles. The molecule has 3 aromatic rings. The second-order valence-corrected chi connectivity index (χ2v) is 6.78. The first-order valence-corrected chi connectivity index (χ1v) is 8.71. The van der Waals surface area contributed by atoms with Crippen LogP contribution in [0.25, 0.3) is 11.3 Å². The summed E-state index contributed by atoms with van der Waals surface area (Å²) >= 11 is 0. The van der Waals surface area contributed by atoms with Gasteiger partial charge in [-0.05, 0) is 12.5 Å². The molecule has 2 aromatic heterocycles. The Balaban J connectivity index is 1.35. The van der Waals surface area contributed by atoms with Crippen molar-refractivity contribution in [2.45, 2.75) is 6.92 Å². The van der Waals surface area contributed by atoms with Crippen LogP contribution in [0.2, 0.25) is 0 Å². The predicted octanol–water partition coefficient (Wildman–Crippen LogP) is 1.83. The van der Waals surface area contributed by atoms with Crippen molar-refractivity contribution >= 4 is 17.6 Å². The van der Waals surface area contributed by atoms with Gasteiger partial charge in [0.15, 0.2) is 5.82 Å². The number of carbonyl (C=O) groups excluding carboxylic acids is 2. The van der Waals surface area contributed by atoms with Gasteiger partial charge in [0.25, 0.3) is 5.91 Å². The quantitative estimate of drug-likeness (QED) is 0.738. The number of amides is 2. The molecule has 27 heavy (non-hydrogen) atoms. The number of likely N-dealkylation sites (tertiary alicyclic amines) is 1. The van der Waals surface area contributed by atoms with Gasteiger partial charge < -0.3 is 10.2 Å². The number of hydrogen-bond donors (Lipinski definition) is 2. The first-order chi connectivity index (χ1) is 13.0. The van der Waals surface area contributed by atoms with E-state index in [1.165, 1.54) is 6.20 Å². The summed E-state index contributed by atoms with van der Waals surface area (Å²) in [7, 11) is 1.76. The van der Waals surface area contributed by atoms with Gasteiger partial charge in [-0.3, -0.25) is 19.4 Å². The SMILES string of the molecule is Cc1ccccc1-c1cc(NC(=O)C2CN(C(=O)c3cnn(C)c3)C2)n[nH]1. The van der Waals surface area contributed by atoms with E-state index >= 15 is 0 Å². The Hall–Kier alpha value is -3.42. The van der Waals surface area contributed by atoms with Gasteiger partial charge >= 0.3 is 0 Å². The third kappa shape index (κ3) is 3.33. The molecule has 3 heterocycles. The van der Waals surface area contributed by atoms with Crippen LogP contribution in [0.4, 0.5) is 5.82 Å². The summed E-state index contributed by atoms with van der Waals surface area (Å²) in [6.07, 6.45) is 3.21. The number of aromatic nitrogens is 4. The number of carbonyl (C=O) groups is 2. The van der Waals surface area contributed by atoms with Crippen LogP contribution < -0.4 is 5.32 Å². The average Bonchev–Trinajstić information content (AvgIpc) is 3.23. The van der Waals surface area contributed by atoms with E-state index in [1.807, 2.05) is 37.3 Å². The van der Waals surface area contributed by atoms with Gasteiger partial charge in [0.2, 0.25) is 5.91 Å². The molecule has 1 fully saturated rings. The minimum atomic E-state index is -0.232. The summed E-state index contributed by atoms with van der Waals surface area (Å²) in [6, 6.07) is 9.78. The van der Waals surface area contributed by atoms with Crippen molar-refractivity contribution < 1.29 is 9.59 Å². The van der Waals surface area contributed by atoms with E-state index in [9.17, 15) is 9.59 Å². The number of rotatable bonds is 4. The lowest BCUT2D eigenvalue weighted by Crippen LogP contribution is -2.54. The van der Waals surface area contributed by atoms with E-state index in [0.29, 0.717) is 24.5 Å². The van der Waals surface area contributed by atoms with Crippen molar-refractivity contribution in [1.29, 1.82) is 0 Å². The molecule has 8 heteroatoms. The summed E-state index contributed by atoms with van der Waals surface area (Å²) in [4.78, 5) is 26.3. The number of aryl methyl sites for hydroxylation is 2. The smallest absolute Gasteiger partial charge is 0.257 e. The second-order valence-electron chi connectivity index (χ2n) is 6.78. The van der Waals surface area contributed by atoms with Crippen LogP contribution in [0.1, 0.15) is 15.9 Å². The molecule has 2 N–H and O–H groups in total. The Morgan fingerprint density at radius 1 is 1.26 bits per heavy atom. The lowest BCUT2D eigenvalue weighted by Gasteiger charge is -2.37. The Kier molecular flexibility index (Phi) is 4.23. The van der Waals surface area contributed by atoms with Gasteiger partial charge in [-0.25, -0.2) is 0 Å². The molecule has 0 bridgehead atoms. The summed E-state index contributed by atoms with van der Waals surface area (Å²) in [5.41, 5.74) is 3.56. The maximum absolute atomic E-state index is 12.4. The third-order valence-electron chi connectivity index (χ3n) is 4.76. The fourth-order valence-electron chi connectivity index (χ4n) is 3.15. The molecule has 0 spiro atoms. The van der Waals surface area contributed by atoms with Crippen LogP contribution in [0, 0.1) is 12.8 Å². The topological polar surface area (TPSA) is 95.9 Å². The maximum atomic E-state index is 12.4. The van der Waals surface area contributed by atoms with E-state index in [1.54, 1.807) is 22.8 Å². The monoisotopic (exact) mass is 364 g/mol. The number of nitrogens with one attached hydrogen (secondary N) is 2. The number of nitrogens with zero attached hydrogens (tertiary/aromatic N) is 4. The summed E-state index contributed by atoms with van der Waals surface area (Å²) in [5, 5.41) is 13.9. The van der Waals surface area contributed by atoms with E-state index in [0.717, 1.165) is 16.8 Å².